The van der Waals surface area contributed by atoms with E-state index in [-0.39, 0.29) is 17.2 Å². The second-order valence-corrected chi connectivity index (χ2v) is 7.71. The van der Waals surface area contributed by atoms with Crippen molar-refractivity contribution in [2.45, 2.75) is 20.3 Å². The number of phenolic OH excluding ortho intramolecular Hbond substituents is 1. The van der Waals surface area contributed by atoms with Crippen molar-refractivity contribution in [3.05, 3.63) is 88.9 Å². The number of carbonyl (C=O) groups is 1. The number of H-pyrrole nitrogens is 1. The number of aromatic nitrogens is 2. The molecule has 2 aromatic heterocycles. The molecule has 1 amide bonds. The van der Waals surface area contributed by atoms with Crippen molar-refractivity contribution >= 4 is 22.9 Å². The first kappa shape index (κ1) is 21.0. The van der Waals surface area contributed by atoms with Gasteiger partial charge in [-0.2, -0.15) is 5.26 Å². The quantitative estimate of drug-likeness (QED) is 0.313. The third-order valence-corrected chi connectivity index (χ3v) is 5.60. The maximum atomic E-state index is 12.6. The Kier molecular flexibility index (Phi) is 5.82. The molecule has 0 radical (unpaired) electrons. The lowest BCUT2D eigenvalue weighted by atomic mass is 10.1. The van der Waals surface area contributed by atoms with E-state index in [0.29, 0.717) is 13.0 Å². The number of hydrogen-bond acceptors (Lipinski definition) is 3. The van der Waals surface area contributed by atoms with Crippen LogP contribution in [0.25, 0.3) is 22.7 Å². The Morgan fingerprint density at radius 3 is 2.69 bits per heavy atom. The van der Waals surface area contributed by atoms with Crippen molar-refractivity contribution in [1.82, 2.24) is 14.9 Å². The van der Waals surface area contributed by atoms with Crippen LogP contribution < -0.4 is 5.32 Å². The number of amides is 1. The van der Waals surface area contributed by atoms with E-state index in [1.165, 1.54) is 0 Å². The third-order valence-electron chi connectivity index (χ3n) is 5.60. The molecule has 0 atom stereocenters. The van der Waals surface area contributed by atoms with Crippen LogP contribution in [0.4, 0.5) is 0 Å². The molecule has 0 unspecified atom stereocenters. The summed E-state index contributed by atoms with van der Waals surface area (Å²) in [7, 11) is 0. The summed E-state index contributed by atoms with van der Waals surface area (Å²) in [4.78, 5) is 15.9. The SMILES string of the molecule is Cc1cc(/C=C(/C#N)C(=O)NCCc2c[nH]c3ccccc23)c(C)n1-c1ccc(O)cc1. The predicted octanol–water partition coefficient (Wildman–Crippen LogP) is 4.55. The van der Waals surface area contributed by atoms with Crippen molar-refractivity contribution in [3.63, 3.8) is 0 Å². The minimum absolute atomic E-state index is 0.0647. The van der Waals surface area contributed by atoms with Crippen LogP contribution in [0.2, 0.25) is 0 Å². The molecule has 4 aromatic rings. The van der Waals surface area contributed by atoms with Gasteiger partial charge in [-0.3, -0.25) is 4.79 Å². The molecule has 32 heavy (non-hydrogen) atoms. The molecule has 4 rings (SSSR count). The van der Waals surface area contributed by atoms with Crippen LogP contribution in [0.15, 0.2) is 66.4 Å². The molecule has 0 saturated carbocycles. The van der Waals surface area contributed by atoms with E-state index in [2.05, 4.69) is 10.3 Å². The van der Waals surface area contributed by atoms with Crippen LogP contribution in [0, 0.1) is 25.2 Å². The highest BCUT2D eigenvalue weighted by molar-refractivity contribution is 6.01. The number of hydrogen-bond donors (Lipinski definition) is 3. The fourth-order valence-electron chi connectivity index (χ4n) is 3.98. The Morgan fingerprint density at radius 2 is 1.94 bits per heavy atom. The first-order valence-electron chi connectivity index (χ1n) is 10.4. The summed E-state index contributed by atoms with van der Waals surface area (Å²) in [5.74, 6) is -0.186. The number of carbonyl (C=O) groups excluding carboxylic acids is 1. The van der Waals surface area contributed by atoms with E-state index in [4.69, 9.17) is 0 Å². The fraction of sp³-hybridized carbons (Fsp3) is 0.154. The van der Waals surface area contributed by atoms with Crippen molar-refractivity contribution in [1.29, 1.82) is 5.26 Å². The number of phenols is 1. The Morgan fingerprint density at radius 1 is 1.19 bits per heavy atom. The molecule has 160 valence electrons. The lowest BCUT2D eigenvalue weighted by Gasteiger charge is -2.09. The fourth-order valence-corrected chi connectivity index (χ4v) is 3.98. The summed E-state index contributed by atoms with van der Waals surface area (Å²) in [5, 5.41) is 23.1. The van der Waals surface area contributed by atoms with Gasteiger partial charge in [0.1, 0.15) is 17.4 Å². The summed E-state index contributed by atoms with van der Waals surface area (Å²) in [6, 6.07) is 18.9. The van der Waals surface area contributed by atoms with Gasteiger partial charge in [0.25, 0.3) is 5.91 Å². The van der Waals surface area contributed by atoms with Gasteiger partial charge >= 0.3 is 0 Å². The van der Waals surface area contributed by atoms with Crippen LogP contribution in [0.1, 0.15) is 22.5 Å². The monoisotopic (exact) mass is 424 g/mol. The largest absolute Gasteiger partial charge is 0.508 e. The smallest absolute Gasteiger partial charge is 0.261 e. The van der Waals surface area contributed by atoms with Gasteiger partial charge in [-0.1, -0.05) is 18.2 Å². The molecule has 0 bridgehead atoms. The van der Waals surface area contributed by atoms with Crippen LogP contribution in [-0.4, -0.2) is 27.1 Å². The summed E-state index contributed by atoms with van der Waals surface area (Å²) in [5.41, 5.74) is 5.84. The topological polar surface area (TPSA) is 93.8 Å². The van der Waals surface area contributed by atoms with Gasteiger partial charge in [0.05, 0.1) is 0 Å². The van der Waals surface area contributed by atoms with Crippen molar-refractivity contribution in [2.75, 3.05) is 6.54 Å². The number of aryl methyl sites for hydroxylation is 1. The Balaban J connectivity index is 1.49. The van der Waals surface area contributed by atoms with Crippen molar-refractivity contribution in [2.24, 2.45) is 0 Å². The van der Waals surface area contributed by atoms with Gasteiger partial charge in [-0.25, -0.2) is 0 Å². The third kappa shape index (κ3) is 4.14. The van der Waals surface area contributed by atoms with Crippen molar-refractivity contribution in [3.8, 4) is 17.5 Å². The molecule has 0 fully saturated rings. The molecule has 2 heterocycles. The number of nitrogens with one attached hydrogen (secondary N) is 2. The Bertz CT molecular complexity index is 1350. The Labute approximate surface area is 186 Å². The summed E-state index contributed by atoms with van der Waals surface area (Å²) in [6.45, 7) is 4.34. The first-order valence-corrected chi connectivity index (χ1v) is 10.4. The van der Waals surface area contributed by atoms with Gasteiger partial charge in [0.15, 0.2) is 0 Å². The molecular formula is C26H24N4O2. The number of benzene rings is 2. The molecule has 0 spiro atoms. The number of aromatic hydroxyl groups is 1. The molecular weight excluding hydrogens is 400 g/mol. The zero-order chi connectivity index (χ0) is 22.7. The summed E-state index contributed by atoms with van der Waals surface area (Å²) in [6.07, 6.45) is 4.25. The second-order valence-electron chi connectivity index (χ2n) is 7.71. The zero-order valence-electron chi connectivity index (χ0n) is 18.0. The van der Waals surface area contributed by atoms with Gasteiger partial charge in [-0.05, 0) is 73.9 Å². The van der Waals surface area contributed by atoms with Gasteiger partial charge in [-0.15, -0.1) is 0 Å². The normalized spacial score (nSPS) is 11.5. The standard InChI is InChI=1S/C26H24N4O2/c1-17-13-20(18(2)30(17)22-7-9-23(31)10-8-22)14-21(15-27)26(32)28-12-11-19-16-29-25-6-4-3-5-24(19)25/h3-10,13-14,16,29,31H,11-12H2,1-2H3,(H,28,32)/b21-14-. The highest BCUT2D eigenvalue weighted by Gasteiger charge is 2.14. The molecule has 0 aliphatic rings. The molecule has 2 aromatic carbocycles. The lowest BCUT2D eigenvalue weighted by Crippen LogP contribution is -2.26. The highest BCUT2D eigenvalue weighted by atomic mass is 16.3. The van der Waals surface area contributed by atoms with Gasteiger partial charge in [0, 0.05) is 40.7 Å². The number of fused-ring (bicyclic) bond motifs is 1. The number of aromatic amines is 1. The van der Waals surface area contributed by atoms with E-state index in [1.807, 2.05) is 73.1 Å². The number of rotatable bonds is 6. The van der Waals surface area contributed by atoms with E-state index < -0.39 is 0 Å². The van der Waals surface area contributed by atoms with Crippen molar-refractivity contribution < 1.29 is 9.90 Å². The molecule has 0 aliphatic heterocycles. The predicted molar refractivity (Wildman–Crippen MR) is 126 cm³/mol. The van der Waals surface area contributed by atoms with E-state index >= 15 is 0 Å². The first-order chi connectivity index (χ1) is 15.5. The van der Waals surface area contributed by atoms with Crippen LogP contribution in [-0.2, 0) is 11.2 Å². The van der Waals surface area contributed by atoms with E-state index in [0.717, 1.165) is 39.1 Å². The number of para-hydroxylation sites is 1. The maximum Gasteiger partial charge on any atom is 0.261 e. The maximum absolute atomic E-state index is 12.6. The lowest BCUT2D eigenvalue weighted by molar-refractivity contribution is -0.117. The van der Waals surface area contributed by atoms with Gasteiger partial charge < -0.3 is 20.0 Å². The second kappa shape index (κ2) is 8.86. The zero-order valence-corrected chi connectivity index (χ0v) is 18.0. The van der Waals surface area contributed by atoms with Crippen LogP contribution >= 0.6 is 0 Å². The van der Waals surface area contributed by atoms with Crippen LogP contribution in [0.3, 0.4) is 0 Å². The minimum Gasteiger partial charge on any atom is -0.508 e. The van der Waals surface area contributed by atoms with Gasteiger partial charge in [0.2, 0.25) is 0 Å². The van der Waals surface area contributed by atoms with Crippen LogP contribution in [0.5, 0.6) is 5.75 Å². The molecule has 6 nitrogen and oxygen atoms in total. The summed E-state index contributed by atoms with van der Waals surface area (Å²) >= 11 is 0. The average Bonchev–Trinajstić information content (AvgIpc) is 3.33. The molecule has 6 heteroatoms. The van der Waals surface area contributed by atoms with E-state index in [1.54, 1.807) is 18.2 Å². The average molecular weight is 425 g/mol. The highest BCUT2D eigenvalue weighted by Crippen LogP contribution is 2.24. The minimum atomic E-state index is -0.387. The Hall–Kier alpha value is -4.24. The number of nitrogens with zero attached hydrogens (tertiary/aromatic N) is 2. The van der Waals surface area contributed by atoms with E-state index in [9.17, 15) is 15.2 Å². The molecule has 0 aliphatic carbocycles. The summed E-state index contributed by atoms with van der Waals surface area (Å²) < 4.78 is 2.02. The number of nitriles is 1. The molecule has 3 N–H and O–H groups in total. The molecule has 0 saturated heterocycles.